The highest BCUT2D eigenvalue weighted by atomic mass is 35.6. The van der Waals surface area contributed by atoms with Crippen molar-refractivity contribution >= 4 is 53.4 Å². The van der Waals surface area contributed by atoms with E-state index in [1.54, 1.807) is 6.21 Å². The molecule has 4 nitrogen and oxygen atoms in total. The zero-order chi connectivity index (χ0) is 18.9. The average Bonchev–Trinajstić information content (AvgIpc) is 2.60. The van der Waals surface area contributed by atoms with Crippen LogP contribution in [0.25, 0.3) is 0 Å². The molecule has 150 valence electrons. The lowest BCUT2D eigenvalue weighted by molar-refractivity contribution is 0.120. The molecular weight excluding hydrogens is 418 g/mol. The number of aliphatic hydroxyl groups is 2. The molecule has 0 aliphatic heterocycles. The summed E-state index contributed by atoms with van der Waals surface area (Å²) in [4.78, 5) is 4.35. The molecule has 0 aliphatic carbocycles. The summed E-state index contributed by atoms with van der Waals surface area (Å²) >= 11 is 18.3. The summed E-state index contributed by atoms with van der Waals surface area (Å²) < 4.78 is -1.45. The minimum atomic E-state index is -1.45. The van der Waals surface area contributed by atoms with Crippen molar-refractivity contribution in [2.45, 2.75) is 48.5 Å². The van der Waals surface area contributed by atoms with E-state index < -0.39 is 15.4 Å². The summed E-state index contributed by atoms with van der Waals surface area (Å²) in [6.45, 7) is 4.34. The van der Waals surface area contributed by atoms with Crippen LogP contribution in [0.2, 0.25) is 0 Å². The van der Waals surface area contributed by atoms with Gasteiger partial charge in [0.1, 0.15) is 5.54 Å². The van der Waals surface area contributed by atoms with E-state index in [0.717, 1.165) is 30.5 Å². The smallest absolute Gasteiger partial charge is 0.209 e. The molecular formula is C18H28Cl4N2O2. The van der Waals surface area contributed by atoms with Crippen molar-refractivity contribution in [3.63, 3.8) is 0 Å². The van der Waals surface area contributed by atoms with Crippen LogP contribution in [-0.2, 0) is 0 Å². The van der Waals surface area contributed by atoms with Crippen molar-refractivity contribution < 1.29 is 10.2 Å². The van der Waals surface area contributed by atoms with Gasteiger partial charge in [-0.2, -0.15) is 0 Å². The number of hydrogen-bond acceptors (Lipinski definition) is 4. The van der Waals surface area contributed by atoms with Gasteiger partial charge in [0.2, 0.25) is 3.79 Å². The number of rotatable bonds is 10. The van der Waals surface area contributed by atoms with E-state index in [1.807, 2.05) is 31.2 Å². The second-order valence-corrected chi connectivity index (χ2v) is 8.47. The van der Waals surface area contributed by atoms with Crippen molar-refractivity contribution in [3.8, 4) is 0 Å². The number of aliphatic hydroxyl groups excluding tert-OH is 2. The van der Waals surface area contributed by atoms with E-state index in [4.69, 9.17) is 34.8 Å². The highest BCUT2D eigenvalue weighted by Gasteiger charge is 2.33. The Morgan fingerprint density at radius 3 is 2.12 bits per heavy atom. The van der Waals surface area contributed by atoms with Crippen molar-refractivity contribution in [2.75, 3.05) is 19.8 Å². The number of halogens is 4. The van der Waals surface area contributed by atoms with Gasteiger partial charge < -0.3 is 15.5 Å². The van der Waals surface area contributed by atoms with E-state index >= 15 is 0 Å². The Labute approximate surface area is 177 Å². The van der Waals surface area contributed by atoms with E-state index in [2.05, 4.69) is 17.2 Å². The first-order valence-electron chi connectivity index (χ1n) is 8.49. The number of alkyl halides is 3. The summed E-state index contributed by atoms with van der Waals surface area (Å²) in [5.41, 5.74) is 0.875. The number of hydrogen-bond donors (Lipinski definition) is 3. The lowest BCUT2D eigenvalue weighted by atomic mass is 9.99. The molecule has 1 aromatic carbocycles. The molecule has 0 bridgehead atoms. The number of benzene rings is 1. The maximum absolute atomic E-state index is 9.44. The largest absolute Gasteiger partial charge is 0.394 e. The second kappa shape index (κ2) is 12.4. The van der Waals surface area contributed by atoms with Crippen LogP contribution < -0.4 is 5.32 Å². The Morgan fingerprint density at radius 1 is 1.12 bits per heavy atom. The van der Waals surface area contributed by atoms with E-state index in [-0.39, 0.29) is 25.6 Å². The summed E-state index contributed by atoms with van der Waals surface area (Å²) in [6, 6.07) is 7.12. The molecule has 1 aromatic rings. The first-order valence-corrected chi connectivity index (χ1v) is 9.62. The van der Waals surface area contributed by atoms with Gasteiger partial charge in [-0.15, -0.1) is 12.4 Å². The van der Waals surface area contributed by atoms with Gasteiger partial charge in [-0.3, -0.25) is 4.99 Å². The average molecular weight is 446 g/mol. The zero-order valence-electron chi connectivity index (χ0n) is 15.1. The lowest BCUT2D eigenvalue weighted by Crippen LogP contribution is -2.35. The van der Waals surface area contributed by atoms with Crippen LogP contribution in [-0.4, -0.2) is 45.5 Å². The number of unbranched alkanes of at least 4 members (excludes halogenated alkanes) is 1. The fourth-order valence-corrected chi connectivity index (χ4v) is 2.89. The molecule has 1 rings (SSSR count). The van der Waals surface area contributed by atoms with Crippen LogP contribution in [0.15, 0.2) is 29.3 Å². The van der Waals surface area contributed by atoms with Gasteiger partial charge in [0.25, 0.3) is 0 Å². The molecule has 1 atom stereocenters. The van der Waals surface area contributed by atoms with Crippen LogP contribution in [0.1, 0.15) is 50.3 Å². The van der Waals surface area contributed by atoms with Gasteiger partial charge in [-0.05, 0) is 30.5 Å². The molecule has 3 N–H and O–H groups in total. The van der Waals surface area contributed by atoms with Crippen molar-refractivity contribution in [1.82, 2.24) is 5.32 Å². The highest BCUT2D eigenvalue weighted by Crippen LogP contribution is 2.39. The molecule has 26 heavy (non-hydrogen) atoms. The predicted octanol–water partition coefficient (Wildman–Crippen LogP) is 4.46. The fourth-order valence-electron chi connectivity index (χ4n) is 2.28. The molecule has 0 heterocycles. The lowest BCUT2D eigenvalue weighted by Gasteiger charge is -2.26. The molecule has 0 amide bonds. The fraction of sp³-hybridized carbons (Fsp3) is 0.611. The maximum atomic E-state index is 9.44. The normalized spacial score (nSPS) is 13.7. The quantitative estimate of drug-likeness (QED) is 0.283. The number of nitrogens with one attached hydrogen (secondary N) is 1. The topological polar surface area (TPSA) is 64.9 Å². The van der Waals surface area contributed by atoms with Gasteiger partial charge in [0, 0.05) is 6.21 Å². The maximum Gasteiger partial charge on any atom is 0.209 e. The monoisotopic (exact) mass is 444 g/mol. The second-order valence-electron chi connectivity index (χ2n) is 6.10. The number of nitrogens with zero attached hydrogens (tertiary/aromatic N) is 1. The first-order chi connectivity index (χ1) is 11.8. The number of aliphatic imine (C=N–C) groups is 1. The van der Waals surface area contributed by atoms with E-state index in [0.29, 0.717) is 6.42 Å². The zero-order valence-corrected chi connectivity index (χ0v) is 18.2. The van der Waals surface area contributed by atoms with Crippen LogP contribution in [0.5, 0.6) is 0 Å². The van der Waals surface area contributed by atoms with Crippen LogP contribution in [0.4, 0.5) is 0 Å². The van der Waals surface area contributed by atoms with Gasteiger partial charge >= 0.3 is 0 Å². The molecule has 1 unspecified atom stereocenters. The predicted molar refractivity (Wildman–Crippen MR) is 114 cm³/mol. The Bertz CT molecular complexity index is 521. The molecule has 8 heteroatoms. The molecule has 0 aliphatic rings. The van der Waals surface area contributed by atoms with E-state index in [9.17, 15) is 10.2 Å². The summed E-state index contributed by atoms with van der Waals surface area (Å²) in [6.07, 6.45) is 4.26. The van der Waals surface area contributed by atoms with Crippen molar-refractivity contribution in [1.29, 1.82) is 0 Å². The summed E-state index contributed by atoms with van der Waals surface area (Å²) in [5.74, 6) is 0. The Hall–Kier alpha value is -0.0700. The summed E-state index contributed by atoms with van der Waals surface area (Å²) in [5, 5.41) is 22.2. The third-order valence-corrected chi connectivity index (χ3v) is 4.86. The Morgan fingerprint density at radius 2 is 1.69 bits per heavy atom. The van der Waals surface area contributed by atoms with Crippen molar-refractivity contribution in [3.05, 3.63) is 35.4 Å². The Balaban J connectivity index is 0.00000625. The van der Waals surface area contributed by atoms with Crippen LogP contribution in [0, 0.1) is 0 Å². The SMILES string of the molecule is CCCCNC(c1ccc(C=NC(CC)(CO)CO)cc1)C(Cl)(Cl)Cl.Cl. The van der Waals surface area contributed by atoms with Gasteiger partial charge in [-0.25, -0.2) is 0 Å². The standard InChI is InChI=1S/C18H27Cl3N2O2.ClH/c1-3-5-10-22-16(18(19,20)21)15-8-6-14(7-9-15)11-23-17(4-2,12-24)13-25;/h6-9,11,16,22,24-25H,3-5,10,12-13H2,1-2H3;1H. The van der Waals surface area contributed by atoms with Crippen molar-refractivity contribution in [2.24, 2.45) is 4.99 Å². The third-order valence-electron chi connectivity index (χ3n) is 4.21. The molecule has 0 fully saturated rings. The molecule has 0 saturated carbocycles. The van der Waals surface area contributed by atoms with Gasteiger partial charge in [-0.1, -0.05) is 79.3 Å². The Kier molecular flexibility index (Phi) is 12.4. The molecule has 0 radical (unpaired) electrons. The summed E-state index contributed by atoms with van der Waals surface area (Å²) in [7, 11) is 0. The van der Waals surface area contributed by atoms with Gasteiger partial charge in [0.15, 0.2) is 0 Å². The molecule has 0 spiro atoms. The van der Waals surface area contributed by atoms with E-state index in [1.165, 1.54) is 0 Å². The molecule has 0 saturated heterocycles. The highest BCUT2D eigenvalue weighted by molar-refractivity contribution is 6.68. The van der Waals surface area contributed by atoms with Crippen LogP contribution >= 0.6 is 47.2 Å². The van der Waals surface area contributed by atoms with Crippen LogP contribution in [0.3, 0.4) is 0 Å². The molecule has 0 aromatic heterocycles. The third kappa shape index (κ3) is 7.89. The minimum absolute atomic E-state index is 0. The van der Waals surface area contributed by atoms with Gasteiger partial charge in [0.05, 0.1) is 19.3 Å². The minimum Gasteiger partial charge on any atom is -0.394 e. The first kappa shape index (κ1) is 25.9.